The van der Waals surface area contributed by atoms with Gasteiger partial charge in [0.25, 0.3) is 0 Å². The molecule has 1 aliphatic heterocycles. The number of methoxy groups -OCH3 is 1. The van der Waals surface area contributed by atoms with Crippen LogP contribution in [0.3, 0.4) is 0 Å². The van der Waals surface area contributed by atoms with E-state index in [-0.39, 0.29) is 6.61 Å². The third kappa shape index (κ3) is 4.63. The van der Waals surface area contributed by atoms with E-state index in [1.165, 1.54) is 10.9 Å². The summed E-state index contributed by atoms with van der Waals surface area (Å²) in [4.78, 5) is 0. The zero-order valence-corrected chi connectivity index (χ0v) is 23.6. The summed E-state index contributed by atoms with van der Waals surface area (Å²) in [5.41, 5.74) is 7.31. The average molecular weight is 540 g/mol. The number of aliphatic hydroxyl groups excluding tert-OH is 1. The van der Waals surface area contributed by atoms with E-state index >= 15 is 0 Å². The van der Waals surface area contributed by atoms with Crippen LogP contribution in [0.1, 0.15) is 41.9 Å². The molecule has 0 unspecified atom stereocenters. The van der Waals surface area contributed by atoms with Crippen molar-refractivity contribution in [3.63, 3.8) is 0 Å². The van der Waals surface area contributed by atoms with E-state index in [4.69, 9.17) is 19.3 Å². The number of hydrogen-bond acceptors (Lipinski definition) is 5. The maximum absolute atomic E-state index is 10.7. The molecule has 7 heteroatoms. The molecule has 0 bridgehead atoms. The van der Waals surface area contributed by atoms with Crippen molar-refractivity contribution in [3.8, 4) is 22.6 Å². The average Bonchev–Trinajstić information content (AvgIpc) is 3.42. The van der Waals surface area contributed by atoms with Crippen LogP contribution in [0, 0.1) is 6.92 Å². The highest BCUT2D eigenvalue weighted by atomic mass is 16.5. The Bertz CT molecular complexity index is 1660. The highest BCUT2D eigenvalue weighted by molar-refractivity contribution is 6.01. The molecule has 1 N–H and O–H groups in total. The van der Waals surface area contributed by atoms with Crippen LogP contribution in [-0.2, 0) is 38.0 Å². The number of fused-ring (bicyclic) bond motifs is 3. The first-order valence-corrected chi connectivity index (χ1v) is 14.1. The minimum atomic E-state index is -0.0225. The predicted octanol–water partition coefficient (Wildman–Crippen LogP) is 6.33. The molecule has 3 aromatic carbocycles. The molecule has 0 atom stereocenters. The molecule has 6 rings (SSSR count). The Balaban J connectivity index is 1.41. The van der Waals surface area contributed by atoms with Gasteiger partial charge >= 0.3 is 0 Å². The summed E-state index contributed by atoms with van der Waals surface area (Å²) >= 11 is 0. The number of ether oxygens (including phenoxy) is 3. The Morgan fingerprint density at radius 1 is 0.975 bits per heavy atom. The lowest BCUT2D eigenvalue weighted by Gasteiger charge is -2.15. The van der Waals surface area contributed by atoms with Crippen LogP contribution in [-0.4, -0.2) is 39.8 Å². The molecule has 1 aliphatic rings. The number of hydrogen-bond donors (Lipinski definition) is 1. The highest BCUT2D eigenvalue weighted by Crippen LogP contribution is 2.44. The first-order chi connectivity index (χ1) is 19.6. The van der Waals surface area contributed by atoms with Crippen molar-refractivity contribution in [3.05, 3.63) is 77.2 Å². The van der Waals surface area contributed by atoms with E-state index in [9.17, 15) is 5.11 Å². The summed E-state index contributed by atoms with van der Waals surface area (Å²) in [5, 5.41) is 18.9. The topological polar surface area (TPSA) is 70.7 Å². The number of nitrogens with zero attached hydrogens (tertiary/aromatic N) is 3. The van der Waals surface area contributed by atoms with Crippen LogP contribution in [0.5, 0.6) is 11.5 Å². The van der Waals surface area contributed by atoms with Gasteiger partial charge in [0.15, 0.2) is 0 Å². The molecule has 0 radical (unpaired) electrons. The molecular formula is C33H37N3O4. The van der Waals surface area contributed by atoms with Gasteiger partial charge in [0.2, 0.25) is 0 Å². The molecule has 208 valence electrons. The van der Waals surface area contributed by atoms with Crippen molar-refractivity contribution in [1.82, 2.24) is 14.3 Å². The second-order valence-electron chi connectivity index (χ2n) is 10.5. The second-order valence-corrected chi connectivity index (χ2v) is 10.5. The first kappa shape index (κ1) is 26.4. The van der Waals surface area contributed by atoms with Crippen molar-refractivity contribution in [2.24, 2.45) is 7.05 Å². The molecule has 5 aromatic rings. The van der Waals surface area contributed by atoms with Crippen molar-refractivity contribution in [1.29, 1.82) is 0 Å². The van der Waals surface area contributed by atoms with Crippen molar-refractivity contribution in [2.45, 2.75) is 52.4 Å². The molecule has 0 saturated heterocycles. The van der Waals surface area contributed by atoms with Gasteiger partial charge in [0, 0.05) is 42.2 Å². The van der Waals surface area contributed by atoms with Crippen LogP contribution in [0.15, 0.2) is 54.6 Å². The van der Waals surface area contributed by atoms with Crippen LogP contribution >= 0.6 is 0 Å². The van der Waals surface area contributed by atoms with Gasteiger partial charge in [-0.15, -0.1) is 0 Å². The fourth-order valence-electron chi connectivity index (χ4n) is 6.26. The lowest BCUT2D eigenvalue weighted by atomic mass is 9.97. The number of aryl methyl sites for hydroxylation is 4. The molecule has 2 aromatic heterocycles. The third-order valence-electron chi connectivity index (χ3n) is 8.11. The molecular weight excluding hydrogens is 502 g/mol. The van der Waals surface area contributed by atoms with Gasteiger partial charge in [0.05, 0.1) is 49.4 Å². The van der Waals surface area contributed by atoms with Crippen molar-refractivity contribution < 1.29 is 19.3 Å². The van der Waals surface area contributed by atoms with E-state index in [2.05, 4.69) is 34.9 Å². The monoisotopic (exact) mass is 539 g/mol. The Morgan fingerprint density at radius 3 is 2.67 bits per heavy atom. The summed E-state index contributed by atoms with van der Waals surface area (Å²) in [5.74, 6) is 1.71. The largest absolute Gasteiger partial charge is 0.496 e. The minimum Gasteiger partial charge on any atom is -0.496 e. The highest BCUT2D eigenvalue weighted by Gasteiger charge is 2.27. The zero-order chi connectivity index (χ0) is 27.6. The summed E-state index contributed by atoms with van der Waals surface area (Å²) in [6.07, 6.45) is 3.55. The van der Waals surface area contributed by atoms with Gasteiger partial charge in [-0.25, -0.2) is 0 Å². The molecule has 3 heterocycles. The Labute approximate surface area is 234 Å². The fourth-order valence-corrected chi connectivity index (χ4v) is 6.26. The van der Waals surface area contributed by atoms with E-state index in [1.807, 2.05) is 42.9 Å². The molecule has 7 nitrogen and oxygen atoms in total. The number of benzene rings is 3. The third-order valence-corrected chi connectivity index (χ3v) is 8.11. The zero-order valence-electron chi connectivity index (χ0n) is 23.6. The van der Waals surface area contributed by atoms with E-state index in [0.717, 1.165) is 88.2 Å². The first-order valence-electron chi connectivity index (χ1n) is 14.1. The maximum atomic E-state index is 10.7. The molecule has 0 aliphatic carbocycles. The summed E-state index contributed by atoms with van der Waals surface area (Å²) in [6, 6.07) is 18.7. The lowest BCUT2D eigenvalue weighted by Crippen LogP contribution is -2.07. The van der Waals surface area contributed by atoms with E-state index in [0.29, 0.717) is 19.8 Å². The smallest absolute Gasteiger partial charge is 0.128 e. The summed E-state index contributed by atoms with van der Waals surface area (Å²) in [6.45, 7) is 4.61. The normalized spacial score (nSPS) is 13.8. The summed E-state index contributed by atoms with van der Waals surface area (Å²) in [7, 11) is 3.69. The number of aliphatic hydroxyl groups is 1. The molecule has 0 spiro atoms. The Morgan fingerprint density at radius 2 is 1.82 bits per heavy atom. The Hall–Kier alpha value is -3.81. The van der Waals surface area contributed by atoms with Crippen LogP contribution in [0.25, 0.3) is 32.8 Å². The molecule has 40 heavy (non-hydrogen) atoms. The minimum absolute atomic E-state index is 0.0225. The lowest BCUT2D eigenvalue weighted by molar-refractivity contribution is 0.112. The predicted molar refractivity (Wildman–Crippen MR) is 158 cm³/mol. The standard InChI is InChI=1S/C33H37N3O4/c1-22-31-28(35(2)34-22)21-39-18-7-6-17-36-27(20-37)25(26-15-16-30(38-3)32(31)33(26)36)13-9-19-40-29-14-8-11-23-10-4-5-12-24(23)29/h4-5,8,10-12,14-16,37H,6-7,9,13,17-21H2,1-3H3. The summed E-state index contributed by atoms with van der Waals surface area (Å²) < 4.78 is 22.5. The van der Waals surface area contributed by atoms with Gasteiger partial charge in [-0.2, -0.15) is 5.10 Å². The van der Waals surface area contributed by atoms with Crippen molar-refractivity contribution >= 4 is 21.7 Å². The van der Waals surface area contributed by atoms with Gasteiger partial charge in [0.1, 0.15) is 11.5 Å². The fraction of sp³-hybridized carbons (Fsp3) is 0.364. The quantitative estimate of drug-likeness (QED) is 0.245. The van der Waals surface area contributed by atoms with Crippen LogP contribution < -0.4 is 9.47 Å². The number of aromatic nitrogens is 3. The molecule has 0 saturated carbocycles. The van der Waals surface area contributed by atoms with Crippen LogP contribution in [0.4, 0.5) is 0 Å². The molecule has 0 amide bonds. The van der Waals surface area contributed by atoms with Gasteiger partial charge in [-0.1, -0.05) is 36.4 Å². The van der Waals surface area contributed by atoms with E-state index in [1.54, 1.807) is 7.11 Å². The van der Waals surface area contributed by atoms with E-state index < -0.39 is 0 Å². The second kappa shape index (κ2) is 11.4. The van der Waals surface area contributed by atoms with Gasteiger partial charge < -0.3 is 23.9 Å². The maximum Gasteiger partial charge on any atom is 0.128 e. The SMILES string of the molecule is COc1ccc2c(CCCOc3cccc4ccccc34)c(CO)n3c2c1-c1c(C)nn(C)c1COCCCC3. The van der Waals surface area contributed by atoms with Gasteiger partial charge in [-0.3, -0.25) is 4.68 Å². The van der Waals surface area contributed by atoms with Gasteiger partial charge in [-0.05, 0) is 61.8 Å². The van der Waals surface area contributed by atoms with Crippen molar-refractivity contribution in [2.75, 3.05) is 20.3 Å². The Kier molecular flexibility index (Phi) is 7.50. The van der Waals surface area contributed by atoms with Crippen LogP contribution in [0.2, 0.25) is 0 Å². The molecule has 0 fully saturated rings. The number of rotatable bonds is 7.